The van der Waals surface area contributed by atoms with E-state index in [1.165, 1.54) is 0 Å². The molecule has 0 bridgehead atoms. The Hall–Kier alpha value is -1.26. The van der Waals surface area contributed by atoms with Crippen molar-refractivity contribution in [3.05, 3.63) is 29.3 Å². The van der Waals surface area contributed by atoms with E-state index >= 15 is 0 Å². The molecule has 0 aliphatic carbocycles. The summed E-state index contributed by atoms with van der Waals surface area (Å²) in [5.41, 5.74) is 5.45. The Morgan fingerprint density at radius 1 is 1.53 bits per heavy atom. The average Bonchev–Trinajstić information content (AvgIpc) is 2.38. The molecule has 0 spiro atoms. The molecule has 0 aromatic heterocycles. The highest BCUT2D eigenvalue weighted by molar-refractivity contribution is 6.30. The molecule has 0 fully saturated rings. The molecule has 1 aromatic rings. The molecule has 0 heterocycles. The number of halogens is 1. The van der Waals surface area contributed by atoms with Crippen molar-refractivity contribution >= 4 is 17.5 Å². The number of hydrogen-bond donors (Lipinski definition) is 1. The van der Waals surface area contributed by atoms with Crippen molar-refractivity contribution in [3.8, 4) is 5.75 Å². The van der Waals surface area contributed by atoms with Gasteiger partial charge < -0.3 is 15.4 Å². The second-order valence-corrected chi connectivity index (χ2v) is 4.98. The van der Waals surface area contributed by atoms with Gasteiger partial charge in [0.25, 0.3) is 0 Å². The van der Waals surface area contributed by atoms with Gasteiger partial charge >= 0.3 is 0 Å². The number of amides is 1. The van der Waals surface area contributed by atoms with Crippen molar-refractivity contribution in [3.63, 3.8) is 0 Å². The summed E-state index contributed by atoms with van der Waals surface area (Å²) in [6.45, 7) is 3.40. The normalized spacial score (nSPS) is 12.0. The monoisotopic (exact) mass is 284 g/mol. The second-order valence-electron chi connectivity index (χ2n) is 4.54. The number of likely N-dealkylation sites (N-methyl/N-ethyl adjacent to an activating group) is 1. The number of hydrogen-bond acceptors (Lipinski definition) is 3. The fourth-order valence-corrected chi connectivity index (χ4v) is 1.90. The van der Waals surface area contributed by atoms with Gasteiger partial charge in [-0.3, -0.25) is 4.79 Å². The molecule has 19 heavy (non-hydrogen) atoms. The van der Waals surface area contributed by atoms with Crippen LogP contribution in [0.4, 0.5) is 0 Å². The summed E-state index contributed by atoms with van der Waals surface area (Å²) in [6, 6.07) is 7.21. The van der Waals surface area contributed by atoms with E-state index in [0.717, 1.165) is 0 Å². The topological polar surface area (TPSA) is 55.6 Å². The van der Waals surface area contributed by atoms with E-state index in [1.54, 1.807) is 24.1 Å². The summed E-state index contributed by atoms with van der Waals surface area (Å²) < 4.78 is 5.54. The Morgan fingerprint density at radius 2 is 2.26 bits per heavy atom. The van der Waals surface area contributed by atoms with Crippen molar-refractivity contribution in [1.82, 2.24) is 4.90 Å². The van der Waals surface area contributed by atoms with Gasteiger partial charge in [0, 0.05) is 18.0 Å². The van der Waals surface area contributed by atoms with Crippen molar-refractivity contribution in [1.29, 1.82) is 0 Å². The third-order valence-electron chi connectivity index (χ3n) is 2.89. The lowest BCUT2D eigenvalue weighted by molar-refractivity contribution is -0.134. The molecule has 1 rings (SSSR count). The SMILES string of the molecule is CC(CCN)C(=O)N(C)CCOc1cccc(Cl)c1. The number of carbonyl (C=O) groups is 1. The quantitative estimate of drug-likeness (QED) is 0.835. The van der Waals surface area contributed by atoms with E-state index in [2.05, 4.69) is 0 Å². The number of benzene rings is 1. The number of carbonyl (C=O) groups excluding carboxylic acids is 1. The van der Waals surface area contributed by atoms with E-state index < -0.39 is 0 Å². The Morgan fingerprint density at radius 3 is 2.89 bits per heavy atom. The van der Waals surface area contributed by atoms with E-state index in [4.69, 9.17) is 22.1 Å². The fourth-order valence-electron chi connectivity index (χ4n) is 1.72. The lowest BCUT2D eigenvalue weighted by atomic mass is 10.1. The molecule has 4 nitrogen and oxygen atoms in total. The first kappa shape index (κ1) is 15.8. The summed E-state index contributed by atoms with van der Waals surface area (Å²) in [4.78, 5) is 13.6. The summed E-state index contributed by atoms with van der Waals surface area (Å²) in [5, 5.41) is 0.637. The van der Waals surface area contributed by atoms with E-state index in [9.17, 15) is 4.79 Å². The molecular weight excluding hydrogens is 264 g/mol. The van der Waals surface area contributed by atoms with Gasteiger partial charge in [-0.05, 0) is 31.2 Å². The van der Waals surface area contributed by atoms with Gasteiger partial charge in [0.2, 0.25) is 5.91 Å². The molecule has 1 aromatic carbocycles. The van der Waals surface area contributed by atoms with Crippen LogP contribution in [-0.4, -0.2) is 37.6 Å². The number of ether oxygens (including phenoxy) is 1. The van der Waals surface area contributed by atoms with Crippen LogP contribution in [0, 0.1) is 5.92 Å². The standard InChI is InChI=1S/C14H21ClN2O2/c1-11(6-7-16)14(18)17(2)8-9-19-13-5-3-4-12(15)10-13/h3-5,10-11H,6-9,16H2,1-2H3. The zero-order chi connectivity index (χ0) is 14.3. The zero-order valence-corrected chi connectivity index (χ0v) is 12.2. The molecule has 0 radical (unpaired) electrons. The average molecular weight is 285 g/mol. The van der Waals surface area contributed by atoms with Crippen LogP contribution in [-0.2, 0) is 4.79 Å². The molecular formula is C14H21ClN2O2. The van der Waals surface area contributed by atoms with Crippen LogP contribution in [0.5, 0.6) is 5.75 Å². The molecule has 0 saturated heterocycles. The highest BCUT2D eigenvalue weighted by Gasteiger charge is 2.16. The van der Waals surface area contributed by atoms with Crippen molar-refractivity contribution in [2.75, 3.05) is 26.7 Å². The molecule has 1 atom stereocenters. The predicted molar refractivity (Wildman–Crippen MR) is 77.4 cm³/mol. The van der Waals surface area contributed by atoms with Crippen LogP contribution < -0.4 is 10.5 Å². The summed E-state index contributed by atoms with van der Waals surface area (Å²) >= 11 is 5.86. The first-order valence-corrected chi connectivity index (χ1v) is 6.75. The van der Waals surface area contributed by atoms with Crippen molar-refractivity contribution < 1.29 is 9.53 Å². The number of nitrogens with two attached hydrogens (primary N) is 1. The van der Waals surface area contributed by atoms with E-state index in [1.807, 2.05) is 19.1 Å². The summed E-state index contributed by atoms with van der Waals surface area (Å²) in [6.07, 6.45) is 0.707. The minimum atomic E-state index is -0.0406. The second kappa shape index (κ2) is 8.02. The lowest BCUT2D eigenvalue weighted by Crippen LogP contribution is -2.35. The summed E-state index contributed by atoms with van der Waals surface area (Å²) in [7, 11) is 1.77. The maximum absolute atomic E-state index is 11.9. The Labute approximate surface area is 119 Å². The highest BCUT2D eigenvalue weighted by atomic mass is 35.5. The highest BCUT2D eigenvalue weighted by Crippen LogP contribution is 2.17. The summed E-state index contributed by atoms with van der Waals surface area (Å²) in [5.74, 6) is 0.768. The molecule has 5 heteroatoms. The lowest BCUT2D eigenvalue weighted by Gasteiger charge is -2.21. The first-order valence-electron chi connectivity index (χ1n) is 6.38. The molecule has 1 unspecified atom stereocenters. The van der Waals surface area contributed by atoms with E-state index in [-0.39, 0.29) is 11.8 Å². The Bertz CT molecular complexity index is 412. The van der Waals surface area contributed by atoms with Gasteiger partial charge in [0.15, 0.2) is 0 Å². The van der Waals surface area contributed by atoms with Crippen LogP contribution in [0.15, 0.2) is 24.3 Å². The maximum Gasteiger partial charge on any atom is 0.225 e. The minimum absolute atomic E-state index is 0.0406. The van der Waals surface area contributed by atoms with E-state index in [0.29, 0.717) is 36.9 Å². The molecule has 1 amide bonds. The fraction of sp³-hybridized carbons (Fsp3) is 0.500. The molecule has 0 aliphatic heterocycles. The smallest absolute Gasteiger partial charge is 0.225 e. The van der Waals surface area contributed by atoms with Gasteiger partial charge in [-0.2, -0.15) is 0 Å². The van der Waals surface area contributed by atoms with Gasteiger partial charge in [-0.25, -0.2) is 0 Å². The maximum atomic E-state index is 11.9. The van der Waals surface area contributed by atoms with Gasteiger partial charge in [-0.15, -0.1) is 0 Å². The Kier molecular flexibility index (Phi) is 6.67. The third-order valence-corrected chi connectivity index (χ3v) is 3.12. The number of rotatable bonds is 7. The van der Waals surface area contributed by atoms with Gasteiger partial charge in [0.1, 0.15) is 12.4 Å². The largest absolute Gasteiger partial charge is 0.492 e. The first-order chi connectivity index (χ1) is 9.04. The van der Waals surface area contributed by atoms with Gasteiger partial charge in [-0.1, -0.05) is 24.6 Å². The van der Waals surface area contributed by atoms with Crippen LogP contribution in [0.25, 0.3) is 0 Å². The zero-order valence-electron chi connectivity index (χ0n) is 11.4. The molecule has 106 valence electrons. The van der Waals surface area contributed by atoms with Crippen molar-refractivity contribution in [2.45, 2.75) is 13.3 Å². The molecule has 0 saturated carbocycles. The number of nitrogens with zero attached hydrogens (tertiary/aromatic N) is 1. The predicted octanol–water partition coefficient (Wildman–Crippen LogP) is 2.16. The van der Waals surface area contributed by atoms with Crippen molar-refractivity contribution in [2.24, 2.45) is 11.7 Å². The van der Waals surface area contributed by atoms with Crippen LogP contribution in [0.2, 0.25) is 5.02 Å². The van der Waals surface area contributed by atoms with Crippen LogP contribution >= 0.6 is 11.6 Å². The Balaban J connectivity index is 2.34. The van der Waals surface area contributed by atoms with Crippen LogP contribution in [0.3, 0.4) is 0 Å². The minimum Gasteiger partial charge on any atom is -0.492 e. The molecule has 0 aliphatic rings. The van der Waals surface area contributed by atoms with Gasteiger partial charge in [0.05, 0.1) is 6.54 Å². The van der Waals surface area contributed by atoms with Crippen LogP contribution in [0.1, 0.15) is 13.3 Å². The molecule has 2 N–H and O–H groups in total. The third kappa shape index (κ3) is 5.49.